The van der Waals surface area contributed by atoms with Crippen LogP contribution in [0.25, 0.3) is 10.9 Å². The van der Waals surface area contributed by atoms with Crippen LogP contribution in [0.15, 0.2) is 30.5 Å². The molecule has 1 atom stereocenters. The van der Waals surface area contributed by atoms with Gasteiger partial charge in [0.25, 0.3) is 5.91 Å². The smallest absolute Gasteiger partial charge is 0.326 e. The third-order valence-corrected chi connectivity index (χ3v) is 3.01. The summed E-state index contributed by atoms with van der Waals surface area (Å²) in [4.78, 5) is 26.1. The van der Waals surface area contributed by atoms with E-state index in [4.69, 9.17) is 5.11 Å². The van der Waals surface area contributed by atoms with Crippen LogP contribution in [0.2, 0.25) is 0 Å². The lowest BCUT2D eigenvalue weighted by Gasteiger charge is -2.12. The molecular formula is C14H16N2O3. The molecular weight excluding hydrogens is 244 g/mol. The summed E-state index contributed by atoms with van der Waals surface area (Å²) in [5.41, 5.74) is 1.33. The number of carboxylic acids is 1. The Morgan fingerprint density at radius 1 is 1.37 bits per heavy atom. The van der Waals surface area contributed by atoms with Crippen LogP contribution >= 0.6 is 0 Å². The van der Waals surface area contributed by atoms with Gasteiger partial charge in [-0.25, -0.2) is 4.79 Å². The van der Waals surface area contributed by atoms with Gasteiger partial charge >= 0.3 is 5.97 Å². The van der Waals surface area contributed by atoms with E-state index < -0.39 is 12.0 Å². The largest absolute Gasteiger partial charge is 0.480 e. The Morgan fingerprint density at radius 2 is 2.11 bits per heavy atom. The van der Waals surface area contributed by atoms with Crippen molar-refractivity contribution in [3.05, 3.63) is 36.0 Å². The Labute approximate surface area is 110 Å². The van der Waals surface area contributed by atoms with Crippen molar-refractivity contribution in [3.63, 3.8) is 0 Å². The van der Waals surface area contributed by atoms with Gasteiger partial charge in [0.15, 0.2) is 0 Å². The fourth-order valence-electron chi connectivity index (χ4n) is 2.04. The zero-order chi connectivity index (χ0) is 13.8. The van der Waals surface area contributed by atoms with Crippen LogP contribution in [-0.2, 0) is 4.79 Å². The van der Waals surface area contributed by atoms with E-state index in [1.165, 1.54) is 0 Å². The van der Waals surface area contributed by atoms with Crippen molar-refractivity contribution in [1.29, 1.82) is 0 Å². The van der Waals surface area contributed by atoms with Crippen molar-refractivity contribution >= 4 is 22.8 Å². The van der Waals surface area contributed by atoms with Crippen molar-refractivity contribution in [3.8, 4) is 0 Å². The number of carbonyl (C=O) groups excluding carboxylic acids is 1. The van der Waals surface area contributed by atoms with Gasteiger partial charge in [0.1, 0.15) is 6.04 Å². The molecule has 100 valence electrons. The summed E-state index contributed by atoms with van der Waals surface area (Å²) < 4.78 is 0. The molecule has 0 aliphatic rings. The Hall–Kier alpha value is -2.30. The van der Waals surface area contributed by atoms with E-state index in [-0.39, 0.29) is 5.91 Å². The summed E-state index contributed by atoms with van der Waals surface area (Å²) in [5.74, 6) is -1.37. The number of fused-ring (bicyclic) bond motifs is 1. The first-order valence-corrected chi connectivity index (χ1v) is 6.23. The molecule has 0 fully saturated rings. The van der Waals surface area contributed by atoms with Gasteiger partial charge < -0.3 is 15.4 Å². The van der Waals surface area contributed by atoms with Gasteiger partial charge in [0.05, 0.1) is 5.56 Å². The number of carboxylic acid groups (broad SMARTS) is 1. The lowest BCUT2D eigenvalue weighted by molar-refractivity contribution is -0.139. The molecule has 0 bridgehead atoms. The number of carbonyl (C=O) groups is 2. The number of nitrogens with one attached hydrogen (secondary N) is 2. The maximum Gasteiger partial charge on any atom is 0.326 e. The minimum atomic E-state index is -1.00. The first-order chi connectivity index (χ1) is 9.13. The highest BCUT2D eigenvalue weighted by molar-refractivity contribution is 6.07. The Bertz CT molecular complexity index is 604. The molecule has 5 nitrogen and oxygen atoms in total. The van der Waals surface area contributed by atoms with E-state index in [0.717, 1.165) is 10.9 Å². The number of hydrogen-bond donors (Lipinski definition) is 3. The predicted molar refractivity (Wildman–Crippen MR) is 72.1 cm³/mol. The third kappa shape index (κ3) is 2.76. The molecule has 0 saturated carbocycles. The van der Waals surface area contributed by atoms with Crippen LogP contribution in [0.5, 0.6) is 0 Å². The van der Waals surface area contributed by atoms with Crippen molar-refractivity contribution < 1.29 is 14.7 Å². The maximum atomic E-state index is 12.1. The number of aromatic nitrogens is 1. The molecule has 19 heavy (non-hydrogen) atoms. The second kappa shape index (κ2) is 5.56. The number of hydrogen-bond acceptors (Lipinski definition) is 2. The average molecular weight is 260 g/mol. The van der Waals surface area contributed by atoms with Gasteiger partial charge in [-0.15, -0.1) is 0 Å². The fraction of sp³-hybridized carbons (Fsp3) is 0.286. The summed E-state index contributed by atoms with van der Waals surface area (Å²) in [5, 5.41) is 12.4. The molecule has 3 N–H and O–H groups in total. The van der Waals surface area contributed by atoms with Gasteiger partial charge in [-0.05, 0) is 12.5 Å². The van der Waals surface area contributed by atoms with Gasteiger partial charge in [-0.3, -0.25) is 4.79 Å². The van der Waals surface area contributed by atoms with Crippen LogP contribution in [0.3, 0.4) is 0 Å². The first kappa shape index (κ1) is 13.1. The number of para-hydroxylation sites is 1. The number of amides is 1. The zero-order valence-corrected chi connectivity index (χ0v) is 10.6. The summed E-state index contributed by atoms with van der Waals surface area (Å²) in [6, 6.07) is 6.57. The number of rotatable bonds is 5. The number of H-pyrrole nitrogens is 1. The van der Waals surface area contributed by atoms with Crippen LogP contribution in [0.4, 0.5) is 0 Å². The van der Waals surface area contributed by atoms with Crippen molar-refractivity contribution in [2.75, 3.05) is 0 Å². The van der Waals surface area contributed by atoms with E-state index in [1.807, 2.05) is 31.2 Å². The molecule has 0 unspecified atom stereocenters. The Balaban J connectivity index is 2.22. The molecule has 1 aromatic heterocycles. The molecule has 1 amide bonds. The second-order valence-corrected chi connectivity index (χ2v) is 4.40. The molecule has 0 radical (unpaired) electrons. The molecule has 0 saturated heterocycles. The average Bonchev–Trinajstić information content (AvgIpc) is 2.81. The molecule has 1 aromatic carbocycles. The topological polar surface area (TPSA) is 82.2 Å². The monoisotopic (exact) mass is 260 g/mol. The second-order valence-electron chi connectivity index (χ2n) is 4.40. The van der Waals surface area contributed by atoms with E-state index in [1.54, 1.807) is 6.20 Å². The van der Waals surface area contributed by atoms with E-state index in [9.17, 15) is 9.59 Å². The Kier molecular flexibility index (Phi) is 3.85. The van der Waals surface area contributed by atoms with E-state index in [0.29, 0.717) is 18.4 Å². The lowest BCUT2D eigenvalue weighted by Crippen LogP contribution is -2.40. The quantitative estimate of drug-likeness (QED) is 0.770. The van der Waals surface area contributed by atoms with Crippen LogP contribution in [-0.4, -0.2) is 28.0 Å². The summed E-state index contributed by atoms with van der Waals surface area (Å²) >= 11 is 0. The van der Waals surface area contributed by atoms with Crippen molar-refractivity contribution in [2.45, 2.75) is 25.8 Å². The summed E-state index contributed by atoms with van der Waals surface area (Å²) in [6.45, 7) is 1.88. The van der Waals surface area contributed by atoms with Crippen LogP contribution in [0, 0.1) is 0 Å². The first-order valence-electron chi connectivity index (χ1n) is 6.23. The molecule has 0 spiro atoms. The molecule has 1 heterocycles. The van der Waals surface area contributed by atoms with Gasteiger partial charge in [0.2, 0.25) is 0 Å². The van der Waals surface area contributed by atoms with Gasteiger partial charge in [-0.2, -0.15) is 0 Å². The minimum Gasteiger partial charge on any atom is -0.480 e. The third-order valence-electron chi connectivity index (χ3n) is 3.01. The number of benzene rings is 1. The van der Waals surface area contributed by atoms with Crippen molar-refractivity contribution in [2.24, 2.45) is 0 Å². The lowest BCUT2D eigenvalue weighted by atomic mass is 10.1. The molecule has 0 aliphatic carbocycles. The predicted octanol–water partition coefficient (Wildman–Crippen LogP) is 2.15. The fourth-order valence-corrected chi connectivity index (χ4v) is 2.04. The molecule has 2 aromatic rings. The zero-order valence-electron chi connectivity index (χ0n) is 10.6. The minimum absolute atomic E-state index is 0.363. The van der Waals surface area contributed by atoms with Crippen LogP contribution < -0.4 is 5.32 Å². The summed E-state index contributed by atoms with van der Waals surface area (Å²) in [7, 11) is 0. The Morgan fingerprint density at radius 3 is 2.79 bits per heavy atom. The highest BCUT2D eigenvalue weighted by Gasteiger charge is 2.21. The number of aromatic amines is 1. The molecule has 0 aliphatic heterocycles. The van der Waals surface area contributed by atoms with Crippen LogP contribution in [0.1, 0.15) is 30.1 Å². The number of aliphatic carboxylic acids is 1. The van der Waals surface area contributed by atoms with Gasteiger partial charge in [-0.1, -0.05) is 31.5 Å². The SMILES string of the molecule is CCC[C@H](NC(=O)c1c[nH]c2ccccc12)C(=O)O. The summed E-state index contributed by atoms with van der Waals surface area (Å²) in [6.07, 6.45) is 2.72. The maximum absolute atomic E-state index is 12.1. The highest BCUT2D eigenvalue weighted by Crippen LogP contribution is 2.17. The molecule has 5 heteroatoms. The standard InChI is InChI=1S/C14H16N2O3/c1-2-5-12(14(18)19)16-13(17)10-8-15-11-7-4-3-6-9(10)11/h3-4,6-8,12,15H,2,5H2,1H3,(H,16,17)(H,18,19)/t12-/m0/s1. The van der Waals surface area contributed by atoms with Crippen molar-refractivity contribution in [1.82, 2.24) is 10.3 Å². The normalized spacial score (nSPS) is 12.3. The molecule has 2 rings (SSSR count). The van der Waals surface area contributed by atoms with Gasteiger partial charge in [0, 0.05) is 17.1 Å². The van der Waals surface area contributed by atoms with E-state index >= 15 is 0 Å². The van der Waals surface area contributed by atoms with E-state index in [2.05, 4.69) is 10.3 Å². The highest BCUT2D eigenvalue weighted by atomic mass is 16.4.